The molecule has 0 atom stereocenters. The van der Waals surface area contributed by atoms with Crippen LogP contribution in [-0.2, 0) is 0 Å². The maximum absolute atomic E-state index is 4.74. The fourth-order valence-electron chi connectivity index (χ4n) is 2.76. The van der Waals surface area contributed by atoms with Gasteiger partial charge in [0.2, 0.25) is 0 Å². The zero-order chi connectivity index (χ0) is 13.5. The predicted octanol–water partition coefficient (Wildman–Crippen LogP) is 4.69. The Morgan fingerprint density at radius 3 is 2.45 bits per heavy atom. The summed E-state index contributed by atoms with van der Waals surface area (Å²) in [5.74, 6) is 0. The lowest BCUT2D eigenvalue weighted by Gasteiger charge is -2.03. The van der Waals surface area contributed by atoms with Crippen molar-refractivity contribution in [2.24, 2.45) is 0 Å². The predicted molar refractivity (Wildman–Crippen MR) is 83.8 cm³/mol. The van der Waals surface area contributed by atoms with Crippen molar-refractivity contribution in [3.63, 3.8) is 0 Å². The minimum Gasteiger partial charge on any atom is -0.353 e. The number of nitrogens with zero attached hydrogens (tertiary/aromatic N) is 1. The molecule has 2 nitrogen and oxygen atoms in total. The number of pyridine rings is 1. The third-order valence-electron chi connectivity index (χ3n) is 3.75. The van der Waals surface area contributed by atoms with E-state index in [1.165, 1.54) is 10.8 Å². The van der Waals surface area contributed by atoms with Crippen molar-refractivity contribution < 1.29 is 0 Å². The van der Waals surface area contributed by atoms with E-state index in [9.17, 15) is 0 Å². The minimum atomic E-state index is 1.03. The Kier molecular flexibility index (Phi) is 2.36. The van der Waals surface area contributed by atoms with Crippen molar-refractivity contribution in [2.45, 2.75) is 6.92 Å². The number of rotatable bonds is 1. The van der Waals surface area contributed by atoms with Gasteiger partial charge in [0.25, 0.3) is 0 Å². The van der Waals surface area contributed by atoms with Gasteiger partial charge in [-0.05, 0) is 19.1 Å². The first kappa shape index (κ1) is 11.2. The number of fused-ring (bicyclic) bond motifs is 3. The maximum Gasteiger partial charge on any atom is 0.0713 e. The largest absolute Gasteiger partial charge is 0.353 e. The van der Waals surface area contributed by atoms with E-state index in [1.807, 2.05) is 18.2 Å². The molecule has 2 aromatic carbocycles. The van der Waals surface area contributed by atoms with Crippen molar-refractivity contribution in [1.29, 1.82) is 0 Å². The molecule has 4 aromatic rings. The molecule has 0 aliphatic rings. The highest BCUT2D eigenvalue weighted by Crippen LogP contribution is 2.30. The summed E-state index contributed by atoms with van der Waals surface area (Å²) < 4.78 is 0. The number of hydrogen-bond donors (Lipinski definition) is 1. The lowest BCUT2D eigenvalue weighted by atomic mass is 10.1. The second-order valence-corrected chi connectivity index (χ2v) is 5.05. The first-order valence-corrected chi connectivity index (χ1v) is 6.76. The normalized spacial score (nSPS) is 11.2. The SMILES string of the molecule is Cc1nc(-c2ccccc2)cc2c1[nH]c1ccccc12. The number of H-pyrrole nitrogens is 1. The van der Waals surface area contributed by atoms with Gasteiger partial charge < -0.3 is 4.98 Å². The molecular weight excluding hydrogens is 244 g/mol. The van der Waals surface area contributed by atoms with E-state index >= 15 is 0 Å². The Bertz CT molecular complexity index is 905. The monoisotopic (exact) mass is 258 g/mol. The second kappa shape index (κ2) is 4.20. The lowest BCUT2D eigenvalue weighted by Crippen LogP contribution is -1.88. The molecule has 2 heterocycles. The topological polar surface area (TPSA) is 28.7 Å². The summed E-state index contributed by atoms with van der Waals surface area (Å²) in [5.41, 5.74) is 5.52. The average Bonchev–Trinajstić information content (AvgIpc) is 2.88. The first-order chi connectivity index (χ1) is 9.83. The number of aryl methyl sites for hydroxylation is 1. The summed E-state index contributed by atoms with van der Waals surface area (Å²) in [7, 11) is 0. The molecule has 0 saturated heterocycles. The molecule has 0 radical (unpaired) electrons. The molecule has 2 aromatic heterocycles. The van der Waals surface area contributed by atoms with E-state index in [0.29, 0.717) is 0 Å². The highest BCUT2D eigenvalue weighted by molar-refractivity contribution is 6.08. The van der Waals surface area contributed by atoms with Crippen LogP contribution in [0.3, 0.4) is 0 Å². The summed E-state index contributed by atoms with van der Waals surface area (Å²) in [6.07, 6.45) is 0. The third kappa shape index (κ3) is 1.62. The number of para-hydroxylation sites is 1. The summed E-state index contributed by atoms with van der Waals surface area (Å²) in [6.45, 7) is 2.06. The minimum absolute atomic E-state index is 1.03. The van der Waals surface area contributed by atoms with Crippen LogP contribution in [0.5, 0.6) is 0 Å². The Hall–Kier alpha value is -2.61. The molecule has 4 rings (SSSR count). The molecule has 0 aliphatic carbocycles. The van der Waals surface area contributed by atoms with Gasteiger partial charge in [0.05, 0.1) is 16.9 Å². The Morgan fingerprint density at radius 1 is 0.850 bits per heavy atom. The first-order valence-electron chi connectivity index (χ1n) is 6.76. The smallest absolute Gasteiger partial charge is 0.0713 e. The van der Waals surface area contributed by atoms with Gasteiger partial charge in [0.1, 0.15) is 0 Å². The van der Waals surface area contributed by atoms with E-state index < -0.39 is 0 Å². The van der Waals surface area contributed by atoms with Gasteiger partial charge in [-0.25, -0.2) is 0 Å². The maximum atomic E-state index is 4.74. The molecule has 0 fully saturated rings. The van der Waals surface area contributed by atoms with Gasteiger partial charge in [0.15, 0.2) is 0 Å². The number of benzene rings is 2. The zero-order valence-corrected chi connectivity index (χ0v) is 11.2. The van der Waals surface area contributed by atoms with Crippen molar-refractivity contribution >= 4 is 21.8 Å². The van der Waals surface area contributed by atoms with Crippen LogP contribution in [0.15, 0.2) is 60.7 Å². The standard InChI is InChI=1S/C18H14N2/c1-12-18-15(14-9-5-6-10-16(14)20-18)11-17(19-12)13-7-3-2-4-8-13/h2-11,20H,1H3. The van der Waals surface area contributed by atoms with Crippen LogP contribution in [0.1, 0.15) is 5.69 Å². The summed E-state index contributed by atoms with van der Waals surface area (Å²) in [4.78, 5) is 8.20. The summed E-state index contributed by atoms with van der Waals surface area (Å²) in [5, 5.41) is 2.50. The molecule has 0 bridgehead atoms. The third-order valence-corrected chi connectivity index (χ3v) is 3.75. The van der Waals surface area contributed by atoms with Crippen LogP contribution in [0.25, 0.3) is 33.1 Å². The zero-order valence-electron chi connectivity index (χ0n) is 11.2. The molecule has 20 heavy (non-hydrogen) atoms. The van der Waals surface area contributed by atoms with Crippen LogP contribution in [0, 0.1) is 6.92 Å². The fourth-order valence-corrected chi connectivity index (χ4v) is 2.76. The molecule has 0 amide bonds. The summed E-state index contributed by atoms with van der Waals surface area (Å²) >= 11 is 0. The lowest BCUT2D eigenvalue weighted by molar-refractivity contribution is 1.22. The fraction of sp³-hybridized carbons (Fsp3) is 0.0556. The van der Waals surface area contributed by atoms with E-state index in [1.54, 1.807) is 0 Å². The van der Waals surface area contributed by atoms with Gasteiger partial charge in [-0.15, -0.1) is 0 Å². The van der Waals surface area contributed by atoms with Crippen LogP contribution < -0.4 is 0 Å². The second-order valence-electron chi connectivity index (χ2n) is 5.05. The molecular formula is C18H14N2. The van der Waals surface area contributed by atoms with Gasteiger partial charge in [-0.2, -0.15) is 0 Å². The quantitative estimate of drug-likeness (QED) is 0.527. The van der Waals surface area contributed by atoms with Crippen LogP contribution in [-0.4, -0.2) is 9.97 Å². The Balaban J connectivity index is 2.08. The van der Waals surface area contributed by atoms with E-state index in [2.05, 4.69) is 54.4 Å². The molecule has 1 N–H and O–H groups in total. The molecule has 0 spiro atoms. The average molecular weight is 258 g/mol. The van der Waals surface area contributed by atoms with Crippen molar-refractivity contribution in [1.82, 2.24) is 9.97 Å². The number of hydrogen-bond acceptors (Lipinski definition) is 1. The highest BCUT2D eigenvalue weighted by atomic mass is 14.8. The van der Waals surface area contributed by atoms with Crippen molar-refractivity contribution in [3.8, 4) is 11.3 Å². The number of aromatic amines is 1. The molecule has 96 valence electrons. The number of nitrogens with one attached hydrogen (secondary N) is 1. The Labute approximate surface area is 117 Å². The van der Waals surface area contributed by atoms with Gasteiger partial charge in [-0.1, -0.05) is 48.5 Å². The van der Waals surface area contributed by atoms with Crippen LogP contribution in [0.4, 0.5) is 0 Å². The van der Waals surface area contributed by atoms with Gasteiger partial charge >= 0.3 is 0 Å². The van der Waals surface area contributed by atoms with Gasteiger partial charge in [-0.3, -0.25) is 4.98 Å². The van der Waals surface area contributed by atoms with Crippen LogP contribution in [0.2, 0.25) is 0 Å². The van der Waals surface area contributed by atoms with E-state index in [-0.39, 0.29) is 0 Å². The van der Waals surface area contributed by atoms with E-state index in [0.717, 1.165) is 28.0 Å². The Morgan fingerprint density at radius 2 is 1.60 bits per heavy atom. The van der Waals surface area contributed by atoms with Gasteiger partial charge in [0, 0.05) is 21.9 Å². The highest BCUT2D eigenvalue weighted by Gasteiger charge is 2.09. The molecule has 0 aliphatic heterocycles. The van der Waals surface area contributed by atoms with Crippen molar-refractivity contribution in [2.75, 3.05) is 0 Å². The number of aromatic nitrogens is 2. The van der Waals surface area contributed by atoms with Crippen LogP contribution >= 0.6 is 0 Å². The molecule has 0 saturated carbocycles. The molecule has 0 unspecified atom stereocenters. The van der Waals surface area contributed by atoms with E-state index in [4.69, 9.17) is 4.98 Å². The molecule has 2 heteroatoms. The summed E-state index contributed by atoms with van der Waals surface area (Å²) in [6, 6.07) is 20.9. The van der Waals surface area contributed by atoms with Crippen molar-refractivity contribution in [3.05, 3.63) is 66.4 Å².